The van der Waals surface area contributed by atoms with E-state index in [4.69, 9.17) is 11.8 Å². The van der Waals surface area contributed by atoms with Gasteiger partial charge in [-0.05, 0) is 36.0 Å². The quantitative estimate of drug-likeness (QED) is 0.166. The molecule has 0 amide bonds. The molecule has 0 aliphatic carbocycles. The number of nitrogens with zero attached hydrogens (tertiary/aromatic N) is 6. The van der Waals surface area contributed by atoms with Crippen LogP contribution in [0.15, 0.2) is 140 Å². The predicted molar refractivity (Wildman–Crippen MR) is 164 cm³/mol. The molecular formula is C36H23F2IrN6. The molecule has 0 N–H and O–H groups in total. The van der Waals surface area contributed by atoms with Gasteiger partial charge in [-0.15, -0.1) is 36.4 Å². The maximum atomic E-state index is 13.2. The molecule has 3 heterocycles. The van der Waals surface area contributed by atoms with Crippen molar-refractivity contribution in [3.8, 4) is 45.4 Å². The summed E-state index contributed by atoms with van der Waals surface area (Å²) in [5.74, 6) is 0.419. The SMILES string of the molecule is Fc1c[c-]c(-c2ccccn2)c(F)c1.[C-]#N.[Ir+3].[c-]1c(-c2nccn2-c2ccccc2)cccc1-c1nccn1-c1ccccc1. The van der Waals surface area contributed by atoms with E-state index < -0.39 is 11.6 Å². The van der Waals surface area contributed by atoms with E-state index >= 15 is 0 Å². The van der Waals surface area contributed by atoms with Crippen molar-refractivity contribution < 1.29 is 28.9 Å². The van der Waals surface area contributed by atoms with Crippen LogP contribution in [-0.4, -0.2) is 24.1 Å². The number of imidazole rings is 2. The van der Waals surface area contributed by atoms with E-state index in [0.717, 1.165) is 46.3 Å². The normalized spacial score (nSPS) is 9.96. The van der Waals surface area contributed by atoms with E-state index in [1.807, 2.05) is 79.4 Å². The van der Waals surface area contributed by atoms with Crippen molar-refractivity contribution in [2.24, 2.45) is 0 Å². The molecule has 0 saturated heterocycles. The van der Waals surface area contributed by atoms with Gasteiger partial charge in [0.25, 0.3) is 0 Å². The number of rotatable bonds is 5. The molecule has 4 aromatic carbocycles. The largest absolute Gasteiger partial charge is 3.00 e. The van der Waals surface area contributed by atoms with Gasteiger partial charge >= 0.3 is 20.1 Å². The number of benzene rings is 4. The van der Waals surface area contributed by atoms with Crippen molar-refractivity contribution in [1.29, 1.82) is 5.26 Å². The van der Waals surface area contributed by atoms with Gasteiger partial charge in [0.1, 0.15) is 0 Å². The molecule has 9 heteroatoms. The Morgan fingerprint density at radius 2 is 1.16 bits per heavy atom. The smallest absolute Gasteiger partial charge is 0.512 e. The van der Waals surface area contributed by atoms with Crippen LogP contribution in [0.4, 0.5) is 8.78 Å². The number of hydrogen-bond donors (Lipinski definition) is 0. The van der Waals surface area contributed by atoms with E-state index in [1.54, 1.807) is 24.4 Å². The maximum absolute atomic E-state index is 13.2. The Morgan fingerprint density at radius 3 is 1.64 bits per heavy atom. The van der Waals surface area contributed by atoms with E-state index in [0.29, 0.717) is 5.69 Å². The van der Waals surface area contributed by atoms with Crippen molar-refractivity contribution in [1.82, 2.24) is 24.1 Å². The van der Waals surface area contributed by atoms with Crippen LogP contribution in [0.2, 0.25) is 0 Å². The molecule has 7 rings (SSSR count). The van der Waals surface area contributed by atoms with Crippen molar-refractivity contribution in [2.45, 2.75) is 0 Å². The Bertz CT molecular complexity index is 1860. The number of para-hydroxylation sites is 2. The molecular weight excluding hydrogens is 747 g/mol. The molecule has 0 unspecified atom stereocenters. The van der Waals surface area contributed by atoms with Crippen molar-refractivity contribution in [2.75, 3.05) is 0 Å². The summed E-state index contributed by atoms with van der Waals surface area (Å²) >= 11 is 0. The maximum Gasteiger partial charge on any atom is 3.00 e. The fraction of sp³-hybridized carbons (Fsp3) is 0. The van der Waals surface area contributed by atoms with Crippen LogP contribution in [0.1, 0.15) is 0 Å². The van der Waals surface area contributed by atoms with Crippen molar-refractivity contribution in [3.63, 3.8) is 0 Å². The van der Waals surface area contributed by atoms with Gasteiger partial charge in [0.05, 0.1) is 11.6 Å². The summed E-state index contributed by atoms with van der Waals surface area (Å²) in [7, 11) is 0. The Labute approximate surface area is 273 Å². The van der Waals surface area contributed by atoms with E-state index in [9.17, 15) is 8.78 Å². The van der Waals surface area contributed by atoms with Gasteiger partial charge in [-0.25, -0.2) is 0 Å². The van der Waals surface area contributed by atoms with E-state index in [2.05, 4.69) is 60.5 Å². The Morgan fingerprint density at radius 1 is 0.622 bits per heavy atom. The summed E-state index contributed by atoms with van der Waals surface area (Å²) in [5, 5.41) is 6.25. The van der Waals surface area contributed by atoms with Crippen LogP contribution in [0.5, 0.6) is 0 Å². The molecule has 6 nitrogen and oxygen atoms in total. The first-order valence-corrected chi connectivity index (χ1v) is 13.4. The zero-order chi connectivity index (χ0) is 30.7. The minimum absolute atomic E-state index is 0. The predicted octanol–water partition coefficient (Wildman–Crippen LogP) is 8.11. The molecule has 7 aromatic rings. The zero-order valence-electron chi connectivity index (χ0n) is 23.6. The molecule has 0 fully saturated rings. The third-order valence-electron chi connectivity index (χ3n) is 6.41. The van der Waals surface area contributed by atoms with Gasteiger partial charge in [-0.3, -0.25) is 18.7 Å². The number of hydrogen-bond acceptors (Lipinski definition) is 4. The van der Waals surface area contributed by atoms with Crippen molar-refractivity contribution >= 4 is 0 Å². The van der Waals surface area contributed by atoms with E-state index in [-0.39, 0.29) is 25.7 Å². The van der Waals surface area contributed by atoms with Gasteiger partial charge in [-0.1, -0.05) is 71.3 Å². The van der Waals surface area contributed by atoms with Gasteiger partial charge in [0.15, 0.2) is 0 Å². The van der Waals surface area contributed by atoms with Gasteiger partial charge < -0.3 is 26.0 Å². The van der Waals surface area contributed by atoms with Crippen LogP contribution < -0.4 is 0 Å². The number of halogens is 2. The van der Waals surface area contributed by atoms with Gasteiger partial charge in [-0.2, -0.15) is 0 Å². The Balaban J connectivity index is 0.000000229. The summed E-state index contributed by atoms with van der Waals surface area (Å²) in [4.78, 5) is 13.1. The first-order valence-electron chi connectivity index (χ1n) is 13.4. The third kappa shape index (κ3) is 7.70. The molecule has 0 bridgehead atoms. The van der Waals surface area contributed by atoms with Crippen LogP contribution in [0.25, 0.3) is 45.4 Å². The van der Waals surface area contributed by atoms with Gasteiger partial charge in [0.2, 0.25) is 0 Å². The van der Waals surface area contributed by atoms with Crippen LogP contribution >= 0.6 is 0 Å². The summed E-state index contributed by atoms with van der Waals surface area (Å²) in [5.41, 5.74) is 4.62. The molecule has 220 valence electrons. The second-order valence-corrected chi connectivity index (χ2v) is 9.15. The van der Waals surface area contributed by atoms with Crippen LogP contribution in [0.3, 0.4) is 0 Å². The zero-order valence-corrected chi connectivity index (χ0v) is 25.9. The van der Waals surface area contributed by atoms with Gasteiger partial charge in [0, 0.05) is 54.0 Å². The summed E-state index contributed by atoms with van der Waals surface area (Å²) < 4.78 is 29.9. The molecule has 0 aliphatic rings. The summed E-state index contributed by atoms with van der Waals surface area (Å²) in [6.45, 7) is 4.75. The standard InChI is InChI=1S/C24H17N4.C11H6F2N.CN.Ir/c1-3-10-21(11-4-1)27-16-14-25-23(27)19-8-7-9-20(18-19)24-26-15-17-28(24)22-12-5-2-6-13-22;12-8-4-5-9(10(13)7-8)11-3-1-2-6-14-11;1-2;/h1-17H;1-4,6-7H;;/q3*-1;+3. The molecule has 0 spiro atoms. The average molecular weight is 770 g/mol. The second-order valence-electron chi connectivity index (χ2n) is 9.15. The fourth-order valence-electron chi connectivity index (χ4n) is 4.48. The fourth-order valence-corrected chi connectivity index (χ4v) is 4.48. The third-order valence-corrected chi connectivity index (χ3v) is 6.41. The minimum atomic E-state index is -0.649. The van der Waals surface area contributed by atoms with E-state index in [1.165, 1.54) is 0 Å². The monoisotopic (exact) mass is 770 g/mol. The first kappa shape index (κ1) is 32.4. The number of aromatic nitrogens is 5. The summed E-state index contributed by atoms with van der Waals surface area (Å²) in [6.07, 6.45) is 9.11. The first-order chi connectivity index (χ1) is 21.7. The Hall–Kier alpha value is -5.55. The van der Waals surface area contributed by atoms with Crippen LogP contribution in [-0.2, 0) is 20.1 Å². The molecule has 0 radical (unpaired) electrons. The second kappa shape index (κ2) is 15.8. The van der Waals surface area contributed by atoms with Crippen molar-refractivity contribution in [3.05, 3.63) is 171 Å². The minimum Gasteiger partial charge on any atom is -0.512 e. The Kier molecular flexibility index (Phi) is 11.4. The molecule has 0 aliphatic heterocycles. The molecule has 45 heavy (non-hydrogen) atoms. The molecule has 3 aromatic heterocycles. The molecule has 0 atom stereocenters. The van der Waals surface area contributed by atoms with Crippen LogP contribution in [0, 0.1) is 35.6 Å². The topological polar surface area (TPSA) is 72.3 Å². The molecule has 0 saturated carbocycles. The average Bonchev–Trinajstić information content (AvgIpc) is 3.79. The summed E-state index contributed by atoms with van der Waals surface area (Å²) in [6, 6.07) is 39.5. The number of pyridine rings is 1.